The van der Waals surface area contributed by atoms with Gasteiger partial charge in [-0.3, -0.25) is 4.21 Å². The highest BCUT2D eigenvalue weighted by molar-refractivity contribution is 7.98. The first kappa shape index (κ1) is 17.2. The van der Waals surface area contributed by atoms with Crippen LogP contribution in [0.2, 0.25) is 0 Å². The van der Waals surface area contributed by atoms with E-state index < -0.39 is 28.8 Å². The summed E-state index contributed by atoms with van der Waals surface area (Å²) in [4.78, 5) is 22.3. The maximum Gasteiger partial charge on any atom is 0.326 e. The summed E-state index contributed by atoms with van der Waals surface area (Å²) in [6, 6.07) is -1.41. The molecule has 2 amide bonds. The predicted octanol–water partition coefficient (Wildman–Crippen LogP) is 0.261. The molecule has 0 aromatic heterocycles. The van der Waals surface area contributed by atoms with Crippen molar-refractivity contribution in [1.29, 1.82) is 0 Å². The fourth-order valence-corrected chi connectivity index (χ4v) is 2.21. The minimum absolute atomic E-state index is 0.279. The Bertz CT molecular complexity index is 300. The standard InChI is InChI=1S/C10H20N2O4S2/c1-3-18(16)7-5-11-10(15)12-8(9(13)14)4-6-17-2/h8H,3-7H2,1-2H3,(H,13,14)(H2,11,12,15)/t8-,18?/m0/s1. The van der Waals surface area contributed by atoms with Crippen molar-refractivity contribution in [3.05, 3.63) is 0 Å². The highest BCUT2D eigenvalue weighted by atomic mass is 32.2. The fraction of sp³-hybridized carbons (Fsp3) is 0.800. The summed E-state index contributed by atoms with van der Waals surface area (Å²) in [5, 5.41) is 13.8. The van der Waals surface area contributed by atoms with Crippen molar-refractivity contribution in [1.82, 2.24) is 10.6 Å². The number of amides is 2. The van der Waals surface area contributed by atoms with E-state index in [4.69, 9.17) is 5.11 Å². The van der Waals surface area contributed by atoms with Gasteiger partial charge in [-0.2, -0.15) is 11.8 Å². The third-order valence-electron chi connectivity index (χ3n) is 2.15. The van der Waals surface area contributed by atoms with Gasteiger partial charge >= 0.3 is 12.0 Å². The molecule has 0 rings (SSSR count). The van der Waals surface area contributed by atoms with Crippen molar-refractivity contribution in [2.45, 2.75) is 19.4 Å². The Morgan fingerprint density at radius 3 is 2.61 bits per heavy atom. The minimum atomic E-state index is -1.05. The van der Waals surface area contributed by atoms with Crippen LogP contribution >= 0.6 is 11.8 Å². The van der Waals surface area contributed by atoms with Gasteiger partial charge in [0.25, 0.3) is 0 Å². The summed E-state index contributed by atoms with van der Waals surface area (Å²) < 4.78 is 11.1. The molecule has 0 aliphatic carbocycles. The van der Waals surface area contributed by atoms with Gasteiger partial charge in [0.2, 0.25) is 0 Å². The Morgan fingerprint density at radius 1 is 1.44 bits per heavy atom. The average Bonchev–Trinajstić information content (AvgIpc) is 2.33. The summed E-state index contributed by atoms with van der Waals surface area (Å²) in [5.74, 6) is 0.551. The molecule has 0 aliphatic heterocycles. The molecule has 1 unspecified atom stereocenters. The van der Waals surface area contributed by atoms with Crippen molar-refractivity contribution >= 4 is 34.6 Å². The molecule has 0 spiro atoms. The number of carboxylic acids is 1. The van der Waals surface area contributed by atoms with Crippen LogP contribution in [0.4, 0.5) is 4.79 Å². The van der Waals surface area contributed by atoms with Crippen LogP contribution in [0.5, 0.6) is 0 Å². The molecule has 0 radical (unpaired) electrons. The second kappa shape index (κ2) is 10.2. The number of thioether (sulfide) groups is 1. The summed E-state index contributed by atoms with van der Waals surface area (Å²) in [7, 11) is -0.932. The van der Waals surface area contributed by atoms with Crippen molar-refractivity contribution in [3.63, 3.8) is 0 Å². The Balaban J connectivity index is 3.94. The smallest absolute Gasteiger partial charge is 0.326 e. The van der Waals surface area contributed by atoms with E-state index in [1.54, 1.807) is 6.92 Å². The molecule has 0 heterocycles. The molecule has 0 fully saturated rings. The van der Waals surface area contributed by atoms with Crippen molar-refractivity contribution in [2.75, 3.05) is 30.1 Å². The van der Waals surface area contributed by atoms with Gasteiger partial charge in [-0.15, -0.1) is 0 Å². The van der Waals surface area contributed by atoms with E-state index >= 15 is 0 Å². The van der Waals surface area contributed by atoms with E-state index in [1.165, 1.54) is 11.8 Å². The third kappa shape index (κ3) is 8.35. The molecule has 2 atom stereocenters. The van der Waals surface area contributed by atoms with Crippen LogP contribution in [0.25, 0.3) is 0 Å². The van der Waals surface area contributed by atoms with Crippen LogP contribution < -0.4 is 10.6 Å². The number of aliphatic carboxylic acids is 1. The Labute approximate surface area is 114 Å². The topological polar surface area (TPSA) is 95.5 Å². The Morgan fingerprint density at radius 2 is 2.11 bits per heavy atom. The zero-order valence-corrected chi connectivity index (χ0v) is 12.2. The quantitative estimate of drug-likeness (QED) is 0.567. The van der Waals surface area contributed by atoms with Crippen LogP contribution in [-0.2, 0) is 15.6 Å². The SMILES string of the molecule is CCS(=O)CCNC(=O)N[C@@H](CCSC)C(=O)O. The fourth-order valence-electron chi connectivity index (χ4n) is 1.13. The lowest BCUT2D eigenvalue weighted by Gasteiger charge is -2.14. The average molecular weight is 296 g/mol. The third-order valence-corrected chi connectivity index (χ3v) is 4.10. The number of carbonyl (C=O) groups excluding carboxylic acids is 1. The summed E-state index contributed by atoms with van der Waals surface area (Å²) in [6.07, 6.45) is 2.25. The van der Waals surface area contributed by atoms with Crippen molar-refractivity contribution in [3.8, 4) is 0 Å². The van der Waals surface area contributed by atoms with Gasteiger partial charge in [0, 0.05) is 28.9 Å². The molecule has 8 heteroatoms. The van der Waals surface area contributed by atoms with E-state index in [0.29, 0.717) is 23.7 Å². The van der Waals surface area contributed by atoms with Gasteiger partial charge in [0.1, 0.15) is 6.04 Å². The monoisotopic (exact) mass is 296 g/mol. The number of carbonyl (C=O) groups is 2. The molecular formula is C10H20N2O4S2. The van der Waals surface area contributed by atoms with Gasteiger partial charge in [-0.1, -0.05) is 6.92 Å². The number of hydrogen-bond acceptors (Lipinski definition) is 4. The van der Waals surface area contributed by atoms with Gasteiger partial charge in [0.05, 0.1) is 0 Å². The second-order valence-electron chi connectivity index (χ2n) is 3.51. The zero-order chi connectivity index (χ0) is 14.0. The molecule has 0 saturated heterocycles. The van der Waals surface area contributed by atoms with E-state index in [1.807, 2.05) is 6.26 Å². The predicted molar refractivity (Wildman–Crippen MR) is 74.5 cm³/mol. The Kier molecular flexibility index (Phi) is 9.76. The molecule has 0 aromatic rings. The first-order valence-electron chi connectivity index (χ1n) is 5.62. The van der Waals surface area contributed by atoms with Gasteiger partial charge < -0.3 is 15.7 Å². The molecule has 0 bridgehead atoms. The van der Waals surface area contributed by atoms with Gasteiger partial charge in [-0.25, -0.2) is 9.59 Å². The minimum Gasteiger partial charge on any atom is -0.480 e. The van der Waals surface area contributed by atoms with Crippen molar-refractivity contribution in [2.24, 2.45) is 0 Å². The highest BCUT2D eigenvalue weighted by Gasteiger charge is 2.18. The number of hydrogen-bond donors (Lipinski definition) is 3. The lowest BCUT2D eigenvalue weighted by atomic mass is 10.2. The molecule has 3 N–H and O–H groups in total. The maximum absolute atomic E-state index is 11.4. The summed E-state index contributed by atoms with van der Waals surface area (Å²) >= 11 is 1.52. The normalized spacial score (nSPS) is 13.7. The maximum atomic E-state index is 11.4. The molecule has 6 nitrogen and oxygen atoms in total. The number of urea groups is 1. The van der Waals surface area contributed by atoms with Crippen LogP contribution in [0.15, 0.2) is 0 Å². The lowest BCUT2D eigenvalue weighted by molar-refractivity contribution is -0.139. The number of nitrogens with one attached hydrogen (secondary N) is 2. The van der Waals surface area contributed by atoms with Gasteiger partial charge in [0.15, 0.2) is 0 Å². The molecule has 0 saturated carbocycles. The van der Waals surface area contributed by atoms with Crippen LogP contribution in [0.3, 0.4) is 0 Å². The molecule has 18 heavy (non-hydrogen) atoms. The van der Waals surface area contributed by atoms with Crippen molar-refractivity contribution < 1.29 is 18.9 Å². The Hall–Kier alpha value is -0.760. The molecule has 0 aromatic carbocycles. The highest BCUT2D eigenvalue weighted by Crippen LogP contribution is 2.00. The number of carboxylic acid groups (broad SMARTS) is 1. The largest absolute Gasteiger partial charge is 0.480 e. The number of rotatable bonds is 9. The van der Waals surface area contributed by atoms with E-state index in [-0.39, 0.29) is 6.54 Å². The van der Waals surface area contributed by atoms with Crippen LogP contribution in [0.1, 0.15) is 13.3 Å². The first-order chi connectivity index (χ1) is 8.51. The zero-order valence-electron chi connectivity index (χ0n) is 10.6. The van der Waals surface area contributed by atoms with Gasteiger partial charge in [-0.05, 0) is 18.4 Å². The second-order valence-corrected chi connectivity index (χ2v) is 6.36. The van der Waals surface area contributed by atoms with E-state index in [9.17, 15) is 13.8 Å². The molecule has 0 aliphatic rings. The summed E-state index contributed by atoms with van der Waals surface area (Å²) in [5.41, 5.74) is 0. The summed E-state index contributed by atoms with van der Waals surface area (Å²) in [6.45, 7) is 2.08. The van der Waals surface area contributed by atoms with Crippen LogP contribution in [0, 0.1) is 0 Å². The van der Waals surface area contributed by atoms with Crippen LogP contribution in [-0.4, -0.2) is 57.4 Å². The first-order valence-corrected chi connectivity index (χ1v) is 8.50. The lowest BCUT2D eigenvalue weighted by Crippen LogP contribution is -2.47. The van der Waals surface area contributed by atoms with E-state index in [0.717, 1.165) is 0 Å². The molecular weight excluding hydrogens is 276 g/mol. The van der Waals surface area contributed by atoms with E-state index in [2.05, 4.69) is 10.6 Å². The molecule has 106 valence electrons.